The SMILES string of the molecule is COCC(=O)N1CC(CC#N)(N=CC(=CN)c2cnn3c(-c4cccc(CC(=O)CCC(F)(F)F)c4)cnc3c2)C1. The van der Waals surface area contributed by atoms with Crippen LogP contribution in [0.2, 0.25) is 0 Å². The molecule has 1 fully saturated rings. The van der Waals surface area contributed by atoms with Crippen LogP contribution >= 0.6 is 0 Å². The summed E-state index contributed by atoms with van der Waals surface area (Å²) in [5, 5.41) is 13.8. The first-order chi connectivity index (χ1) is 19.6. The van der Waals surface area contributed by atoms with Crippen LogP contribution < -0.4 is 5.73 Å². The molecule has 1 aromatic carbocycles. The first-order valence-electron chi connectivity index (χ1n) is 12.7. The summed E-state index contributed by atoms with van der Waals surface area (Å²) in [6.07, 6.45) is 0.0810. The number of nitriles is 1. The van der Waals surface area contributed by atoms with E-state index in [4.69, 9.17) is 10.5 Å². The van der Waals surface area contributed by atoms with Crippen molar-refractivity contribution >= 4 is 29.1 Å². The van der Waals surface area contributed by atoms with Gasteiger partial charge in [0.15, 0.2) is 5.65 Å². The van der Waals surface area contributed by atoms with Crippen molar-refractivity contribution in [3.63, 3.8) is 0 Å². The van der Waals surface area contributed by atoms with Gasteiger partial charge in [0.2, 0.25) is 5.91 Å². The molecule has 13 heteroatoms. The Hall–Kier alpha value is -4.57. The number of methoxy groups -OCH3 is 1. The number of hydrogen-bond acceptors (Lipinski definition) is 8. The van der Waals surface area contributed by atoms with Crippen LogP contribution in [0.4, 0.5) is 13.2 Å². The number of halogens is 3. The lowest BCUT2D eigenvalue weighted by Crippen LogP contribution is -2.63. The Kier molecular flexibility index (Phi) is 8.83. The molecule has 1 saturated heterocycles. The molecule has 3 aromatic rings. The summed E-state index contributed by atoms with van der Waals surface area (Å²) in [5.41, 5.74) is 8.75. The molecule has 1 aliphatic rings. The molecule has 0 spiro atoms. The highest BCUT2D eigenvalue weighted by molar-refractivity contribution is 6.10. The number of rotatable bonds is 11. The second-order valence-electron chi connectivity index (χ2n) is 9.81. The maximum atomic E-state index is 12.4. The molecule has 41 heavy (non-hydrogen) atoms. The number of Topliss-reactive ketones (excluding diaryl/α,β-unsaturated/α-hetero) is 1. The van der Waals surface area contributed by atoms with E-state index in [0.29, 0.717) is 46.7 Å². The summed E-state index contributed by atoms with van der Waals surface area (Å²) in [6, 6.07) is 10.8. The summed E-state index contributed by atoms with van der Waals surface area (Å²) >= 11 is 0. The van der Waals surface area contributed by atoms with Crippen LogP contribution in [-0.4, -0.2) is 75.9 Å². The number of aromatic nitrogens is 3. The highest BCUT2D eigenvalue weighted by atomic mass is 19.4. The maximum absolute atomic E-state index is 12.4. The van der Waals surface area contributed by atoms with Crippen LogP contribution in [0.15, 0.2) is 53.9 Å². The molecular weight excluding hydrogens is 539 g/mol. The molecular formula is C28H28F3N7O3. The third kappa shape index (κ3) is 7.15. The average Bonchev–Trinajstić information content (AvgIpc) is 3.34. The Balaban J connectivity index is 1.50. The lowest BCUT2D eigenvalue weighted by atomic mass is 9.87. The van der Waals surface area contributed by atoms with E-state index in [1.165, 1.54) is 13.3 Å². The first-order valence-corrected chi connectivity index (χ1v) is 12.7. The maximum Gasteiger partial charge on any atom is 0.389 e. The average molecular weight is 568 g/mol. The number of aliphatic imine (C=N–C) groups is 1. The number of ketones is 1. The summed E-state index contributed by atoms with van der Waals surface area (Å²) in [4.78, 5) is 34.7. The van der Waals surface area contributed by atoms with Crippen LogP contribution in [0.25, 0.3) is 22.5 Å². The molecule has 3 heterocycles. The zero-order chi connectivity index (χ0) is 29.6. The van der Waals surface area contributed by atoms with Gasteiger partial charge in [0.05, 0.1) is 37.0 Å². The number of imidazole rings is 1. The topological polar surface area (TPSA) is 139 Å². The molecule has 0 atom stereocenters. The molecule has 214 valence electrons. The largest absolute Gasteiger partial charge is 0.404 e. The van der Waals surface area contributed by atoms with Crippen molar-refractivity contribution in [1.29, 1.82) is 5.26 Å². The Labute approximate surface area is 233 Å². The van der Waals surface area contributed by atoms with Crippen molar-refractivity contribution in [3.8, 4) is 17.3 Å². The molecule has 0 aliphatic carbocycles. The molecule has 0 bridgehead atoms. The van der Waals surface area contributed by atoms with Gasteiger partial charge in [-0.25, -0.2) is 9.50 Å². The number of fused-ring (bicyclic) bond motifs is 1. The standard InChI is InChI=1S/C28H28F3N7O3/c1-41-16-26(40)37-17-27(18-37,7-8-32)35-13-22(12-33)21-11-25-34-15-24(38(25)36-14-21)20-4-2-3-19(9-20)10-23(39)5-6-28(29,30)31/h2-4,9,11-15H,5-7,10,16-18,33H2,1H3. The van der Waals surface area contributed by atoms with E-state index in [-0.39, 0.29) is 25.4 Å². The van der Waals surface area contributed by atoms with E-state index in [1.807, 2.05) is 0 Å². The molecule has 2 N–H and O–H groups in total. The number of allylic oxidation sites excluding steroid dienone is 1. The van der Waals surface area contributed by atoms with Gasteiger partial charge in [-0.15, -0.1) is 0 Å². The molecule has 0 saturated carbocycles. The van der Waals surface area contributed by atoms with Crippen LogP contribution in [0.1, 0.15) is 30.4 Å². The second-order valence-corrected chi connectivity index (χ2v) is 9.81. The summed E-state index contributed by atoms with van der Waals surface area (Å²) < 4.78 is 43.8. The zero-order valence-electron chi connectivity index (χ0n) is 22.3. The van der Waals surface area contributed by atoms with Crippen molar-refractivity contribution < 1.29 is 27.5 Å². The Morgan fingerprint density at radius 1 is 1.27 bits per heavy atom. The number of carbonyl (C=O) groups is 2. The number of likely N-dealkylation sites (tertiary alicyclic amines) is 1. The lowest BCUT2D eigenvalue weighted by molar-refractivity contribution is -0.143. The quantitative estimate of drug-likeness (QED) is 0.351. The Morgan fingerprint density at radius 3 is 2.73 bits per heavy atom. The molecule has 1 aliphatic heterocycles. The number of amides is 1. The highest BCUT2D eigenvalue weighted by Crippen LogP contribution is 2.30. The number of alkyl halides is 3. The minimum Gasteiger partial charge on any atom is -0.404 e. The highest BCUT2D eigenvalue weighted by Gasteiger charge is 2.44. The molecule has 4 rings (SSSR count). The minimum absolute atomic E-state index is 0.0390. The van der Waals surface area contributed by atoms with E-state index < -0.39 is 30.3 Å². The van der Waals surface area contributed by atoms with E-state index >= 15 is 0 Å². The van der Waals surface area contributed by atoms with Crippen LogP contribution in [-0.2, 0) is 20.7 Å². The third-order valence-electron chi connectivity index (χ3n) is 6.66. The summed E-state index contributed by atoms with van der Waals surface area (Å²) in [7, 11) is 1.44. The monoisotopic (exact) mass is 567 g/mol. The normalized spacial score (nSPS) is 15.2. The Morgan fingerprint density at radius 2 is 2.05 bits per heavy atom. The van der Waals surface area contributed by atoms with E-state index in [1.54, 1.807) is 58.4 Å². The second kappa shape index (κ2) is 12.3. The summed E-state index contributed by atoms with van der Waals surface area (Å²) in [6.45, 7) is 0.554. The van der Waals surface area contributed by atoms with E-state index in [9.17, 15) is 28.0 Å². The van der Waals surface area contributed by atoms with Gasteiger partial charge in [-0.05, 0) is 17.7 Å². The minimum atomic E-state index is -4.37. The molecule has 10 nitrogen and oxygen atoms in total. The van der Waals surface area contributed by atoms with Gasteiger partial charge in [-0.3, -0.25) is 14.6 Å². The fourth-order valence-electron chi connectivity index (χ4n) is 4.53. The van der Waals surface area contributed by atoms with Crippen molar-refractivity contribution in [2.75, 3.05) is 26.8 Å². The number of carbonyl (C=O) groups excluding carboxylic acids is 2. The van der Waals surface area contributed by atoms with E-state index in [2.05, 4.69) is 21.1 Å². The fourth-order valence-corrected chi connectivity index (χ4v) is 4.53. The fraction of sp³-hybridized carbons (Fsp3) is 0.357. The lowest BCUT2D eigenvalue weighted by Gasteiger charge is -2.46. The molecule has 0 unspecified atom stereocenters. The molecule has 0 radical (unpaired) electrons. The van der Waals surface area contributed by atoms with Gasteiger partial charge in [0.25, 0.3) is 0 Å². The van der Waals surface area contributed by atoms with Crippen LogP contribution in [0.3, 0.4) is 0 Å². The first kappa shape index (κ1) is 29.4. The Bertz CT molecular complexity index is 1530. The third-order valence-corrected chi connectivity index (χ3v) is 6.66. The van der Waals surface area contributed by atoms with Crippen molar-refractivity contribution in [2.45, 2.75) is 37.4 Å². The number of nitrogens with zero attached hydrogens (tertiary/aromatic N) is 6. The number of nitrogens with two attached hydrogens (primary N) is 1. The number of hydrogen-bond donors (Lipinski definition) is 1. The van der Waals surface area contributed by atoms with Gasteiger partial charge in [0.1, 0.15) is 17.9 Å². The van der Waals surface area contributed by atoms with Crippen LogP contribution in [0, 0.1) is 11.3 Å². The van der Waals surface area contributed by atoms with E-state index in [0.717, 1.165) is 0 Å². The molecule has 1 amide bonds. The van der Waals surface area contributed by atoms with Gasteiger partial charge >= 0.3 is 6.18 Å². The van der Waals surface area contributed by atoms with Crippen LogP contribution in [0.5, 0.6) is 0 Å². The van der Waals surface area contributed by atoms with Crippen molar-refractivity contribution in [1.82, 2.24) is 19.5 Å². The smallest absolute Gasteiger partial charge is 0.389 e. The van der Waals surface area contributed by atoms with Crippen molar-refractivity contribution in [3.05, 3.63) is 60.1 Å². The van der Waals surface area contributed by atoms with Gasteiger partial charge in [-0.2, -0.15) is 23.5 Å². The van der Waals surface area contributed by atoms with Gasteiger partial charge in [0, 0.05) is 62.2 Å². The van der Waals surface area contributed by atoms with Gasteiger partial charge < -0.3 is 15.4 Å². The summed E-state index contributed by atoms with van der Waals surface area (Å²) in [5.74, 6) is -0.662. The zero-order valence-corrected chi connectivity index (χ0v) is 22.3. The number of ether oxygens (including phenoxy) is 1. The predicted octanol–water partition coefficient (Wildman–Crippen LogP) is 3.36. The molecule has 2 aromatic heterocycles. The van der Waals surface area contributed by atoms with Gasteiger partial charge in [-0.1, -0.05) is 18.2 Å². The predicted molar refractivity (Wildman–Crippen MR) is 144 cm³/mol. The van der Waals surface area contributed by atoms with Crippen molar-refractivity contribution in [2.24, 2.45) is 10.7 Å². The number of benzene rings is 1.